The lowest BCUT2D eigenvalue weighted by molar-refractivity contribution is -0.124. The van der Waals surface area contributed by atoms with E-state index in [-0.39, 0.29) is 12.8 Å². The van der Waals surface area contributed by atoms with Gasteiger partial charge in [0.25, 0.3) is 0 Å². The first-order chi connectivity index (χ1) is 12.4. The Bertz CT molecular complexity index is 969. The first-order valence-corrected chi connectivity index (χ1v) is 9.06. The summed E-state index contributed by atoms with van der Waals surface area (Å²) in [5.41, 5.74) is 6.84. The molecular weight excluding hydrogens is 358 g/mol. The molecule has 0 saturated heterocycles. The van der Waals surface area contributed by atoms with Gasteiger partial charge in [-0.25, -0.2) is 18.7 Å². The normalized spacial score (nSPS) is 22.6. The Morgan fingerprint density at radius 2 is 2.12 bits per heavy atom. The number of nitrogens with two attached hydrogens (primary N) is 1. The molecule has 0 atom stereocenters. The van der Waals surface area contributed by atoms with Crippen LogP contribution in [0.1, 0.15) is 17.7 Å². The molecule has 0 spiro atoms. The van der Waals surface area contributed by atoms with Gasteiger partial charge in [0.1, 0.15) is 10.6 Å². The molecule has 4 rings (SSSR count). The highest BCUT2D eigenvalue weighted by Crippen LogP contribution is 2.50. The molecule has 3 aromatic rings. The maximum atomic E-state index is 12.7. The van der Waals surface area contributed by atoms with Crippen molar-refractivity contribution < 1.29 is 13.9 Å². The number of aliphatic hydroxyl groups is 1. The van der Waals surface area contributed by atoms with Crippen molar-refractivity contribution in [3.05, 3.63) is 35.3 Å². The third kappa shape index (κ3) is 2.79. The maximum absolute atomic E-state index is 12.7. The highest BCUT2D eigenvalue weighted by atomic mass is 32.1. The van der Waals surface area contributed by atoms with Gasteiger partial charge in [0, 0.05) is 35.0 Å². The van der Waals surface area contributed by atoms with Crippen LogP contribution in [0.25, 0.3) is 21.5 Å². The van der Waals surface area contributed by atoms with Crippen LogP contribution in [0.15, 0.2) is 30.5 Å². The zero-order valence-electron chi connectivity index (χ0n) is 14.0. The highest BCUT2D eigenvalue weighted by Gasteiger charge is 2.48. The third-order valence-corrected chi connectivity index (χ3v) is 6.09. The smallest absolute Gasteiger partial charge is 0.241 e. The second-order valence-corrected chi connectivity index (χ2v) is 7.68. The molecule has 0 unspecified atom stereocenters. The number of rotatable bonds is 4. The van der Waals surface area contributed by atoms with E-state index in [2.05, 4.69) is 15.3 Å². The van der Waals surface area contributed by atoms with Gasteiger partial charge in [0.15, 0.2) is 0 Å². The number of alkyl halides is 2. The van der Waals surface area contributed by atoms with Crippen LogP contribution in [-0.2, 0) is 5.60 Å². The fourth-order valence-electron chi connectivity index (χ4n) is 3.33. The first-order valence-electron chi connectivity index (χ1n) is 8.25. The molecular formula is C18H18F2N4OS. The van der Waals surface area contributed by atoms with Crippen molar-refractivity contribution in [3.63, 3.8) is 0 Å². The van der Waals surface area contributed by atoms with Gasteiger partial charge in [-0.05, 0) is 37.1 Å². The van der Waals surface area contributed by atoms with Gasteiger partial charge in [-0.3, -0.25) is 0 Å². The van der Waals surface area contributed by atoms with E-state index in [1.54, 1.807) is 19.3 Å². The van der Waals surface area contributed by atoms with Crippen molar-refractivity contribution in [2.24, 2.45) is 5.92 Å². The van der Waals surface area contributed by atoms with Gasteiger partial charge in [-0.2, -0.15) is 0 Å². The quantitative estimate of drug-likeness (QED) is 0.644. The highest BCUT2D eigenvalue weighted by molar-refractivity contribution is 7.18. The van der Waals surface area contributed by atoms with Gasteiger partial charge in [-0.1, -0.05) is 0 Å². The molecule has 0 aromatic carbocycles. The summed E-state index contributed by atoms with van der Waals surface area (Å²) >= 11 is 1.34. The molecule has 8 heteroatoms. The van der Waals surface area contributed by atoms with Crippen molar-refractivity contribution in [1.82, 2.24) is 9.97 Å². The molecule has 0 amide bonds. The van der Waals surface area contributed by atoms with Crippen molar-refractivity contribution >= 4 is 33.1 Å². The Labute approximate surface area is 152 Å². The number of fused-ring (bicyclic) bond motifs is 1. The fraction of sp³-hybridized carbons (Fsp3) is 0.333. The molecule has 1 aliphatic rings. The second kappa shape index (κ2) is 6.14. The molecule has 0 aliphatic heterocycles. The molecule has 0 radical (unpaired) electrons. The predicted octanol–water partition coefficient (Wildman–Crippen LogP) is 3.84. The van der Waals surface area contributed by atoms with E-state index in [1.165, 1.54) is 11.3 Å². The van der Waals surface area contributed by atoms with Crippen LogP contribution >= 0.6 is 11.3 Å². The summed E-state index contributed by atoms with van der Waals surface area (Å²) in [5.74, 6) is -0.123. The molecule has 136 valence electrons. The average Bonchev–Trinajstić information content (AvgIpc) is 3.02. The largest absolute Gasteiger partial charge is 0.396 e. The number of anilines is 2. The summed E-state index contributed by atoms with van der Waals surface area (Å²) in [5, 5.41) is 14.4. The summed E-state index contributed by atoms with van der Waals surface area (Å²) in [6.07, 6.45) is -0.502. The number of nitrogens with zero attached hydrogens (tertiary/aromatic N) is 2. The molecule has 1 aliphatic carbocycles. The summed E-state index contributed by atoms with van der Waals surface area (Å²) in [4.78, 5) is 10.3. The molecule has 1 fully saturated rings. The van der Waals surface area contributed by atoms with Crippen LogP contribution in [0.2, 0.25) is 0 Å². The Hall–Kier alpha value is -2.32. The van der Waals surface area contributed by atoms with E-state index in [0.29, 0.717) is 16.4 Å². The van der Waals surface area contributed by atoms with Crippen molar-refractivity contribution in [2.45, 2.75) is 24.9 Å². The molecule has 3 heterocycles. The fourth-order valence-corrected chi connectivity index (χ4v) is 4.47. The number of hydrogen-bond donors (Lipinski definition) is 3. The van der Waals surface area contributed by atoms with E-state index in [1.807, 2.05) is 18.2 Å². The minimum absolute atomic E-state index is 0.0935. The number of pyridine rings is 2. The summed E-state index contributed by atoms with van der Waals surface area (Å²) in [7, 11) is 1.75. The minimum atomic E-state index is -2.38. The van der Waals surface area contributed by atoms with Gasteiger partial charge < -0.3 is 16.2 Å². The standard InChI is InChI=1S/C18H18F2N4OS/c1-22-16-12(21)4-10(8-23-16)13-3-2-9-5-14(26-17(9)24-13)18(25)6-11(7-18)15(19)20/h2-5,8,11,15,25H,6-7,21H2,1H3,(H,22,23). The Balaban J connectivity index is 1.65. The summed E-state index contributed by atoms with van der Waals surface area (Å²) < 4.78 is 25.5. The monoisotopic (exact) mass is 376 g/mol. The third-order valence-electron chi connectivity index (χ3n) is 4.85. The van der Waals surface area contributed by atoms with E-state index >= 15 is 0 Å². The number of aromatic nitrogens is 2. The molecule has 1 saturated carbocycles. The van der Waals surface area contributed by atoms with Crippen LogP contribution < -0.4 is 11.1 Å². The zero-order valence-corrected chi connectivity index (χ0v) is 14.9. The number of hydrogen-bond acceptors (Lipinski definition) is 6. The Morgan fingerprint density at radius 1 is 1.35 bits per heavy atom. The van der Waals surface area contributed by atoms with E-state index in [4.69, 9.17) is 5.73 Å². The maximum Gasteiger partial charge on any atom is 0.241 e. The van der Waals surface area contributed by atoms with Crippen LogP contribution in [-0.4, -0.2) is 28.5 Å². The lowest BCUT2D eigenvalue weighted by Crippen LogP contribution is -2.43. The van der Waals surface area contributed by atoms with Gasteiger partial charge >= 0.3 is 0 Å². The van der Waals surface area contributed by atoms with Crippen molar-refractivity contribution in [1.29, 1.82) is 0 Å². The molecule has 3 aromatic heterocycles. The molecule has 26 heavy (non-hydrogen) atoms. The Kier molecular flexibility index (Phi) is 4.04. The predicted molar refractivity (Wildman–Crippen MR) is 99.4 cm³/mol. The number of nitrogen functional groups attached to an aromatic ring is 1. The summed E-state index contributed by atoms with van der Waals surface area (Å²) in [6.45, 7) is 0. The van der Waals surface area contributed by atoms with Crippen LogP contribution in [0, 0.1) is 5.92 Å². The second-order valence-electron chi connectivity index (χ2n) is 6.65. The summed E-state index contributed by atoms with van der Waals surface area (Å²) in [6, 6.07) is 7.41. The van der Waals surface area contributed by atoms with E-state index < -0.39 is 17.9 Å². The van der Waals surface area contributed by atoms with E-state index in [0.717, 1.165) is 21.5 Å². The zero-order chi connectivity index (χ0) is 18.5. The van der Waals surface area contributed by atoms with E-state index in [9.17, 15) is 13.9 Å². The first kappa shape index (κ1) is 17.1. The van der Waals surface area contributed by atoms with Crippen LogP contribution in [0.5, 0.6) is 0 Å². The van der Waals surface area contributed by atoms with Crippen molar-refractivity contribution in [3.8, 4) is 11.3 Å². The number of nitrogens with one attached hydrogen (secondary N) is 1. The molecule has 5 nitrogen and oxygen atoms in total. The van der Waals surface area contributed by atoms with Crippen LogP contribution in [0.4, 0.5) is 20.3 Å². The van der Waals surface area contributed by atoms with Gasteiger partial charge in [0.2, 0.25) is 6.43 Å². The number of thiophene rings is 1. The molecule has 4 N–H and O–H groups in total. The van der Waals surface area contributed by atoms with Crippen LogP contribution in [0.3, 0.4) is 0 Å². The van der Waals surface area contributed by atoms with Gasteiger partial charge in [0.05, 0.1) is 17.0 Å². The number of halogens is 2. The van der Waals surface area contributed by atoms with Crippen molar-refractivity contribution in [2.75, 3.05) is 18.1 Å². The SMILES string of the molecule is CNc1ncc(-c2ccc3cc(C4(O)CC(C(F)F)C4)sc3n2)cc1N. The lowest BCUT2D eigenvalue weighted by Gasteiger charge is -2.42. The molecule has 0 bridgehead atoms. The Morgan fingerprint density at radius 3 is 2.77 bits per heavy atom. The minimum Gasteiger partial charge on any atom is -0.396 e. The topological polar surface area (TPSA) is 84.1 Å². The van der Waals surface area contributed by atoms with Gasteiger partial charge in [-0.15, -0.1) is 11.3 Å². The average molecular weight is 376 g/mol. The lowest BCUT2D eigenvalue weighted by atomic mass is 9.70.